The van der Waals surface area contributed by atoms with E-state index < -0.39 is 34.5 Å². The van der Waals surface area contributed by atoms with Crippen molar-refractivity contribution in [2.24, 2.45) is 5.41 Å². The maximum absolute atomic E-state index is 13.5. The molecular formula is C20H18F3NO5. The third-order valence-electron chi connectivity index (χ3n) is 5.06. The second-order valence-electron chi connectivity index (χ2n) is 7.14. The van der Waals surface area contributed by atoms with Gasteiger partial charge in [-0.05, 0) is 35.7 Å². The molecule has 0 amide bonds. The zero-order valence-corrected chi connectivity index (χ0v) is 15.4. The van der Waals surface area contributed by atoms with Gasteiger partial charge in [-0.25, -0.2) is 0 Å². The second kappa shape index (κ2) is 7.73. The zero-order chi connectivity index (χ0) is 21.2. The van der Waals surface area contributed by atoms with Crippen molar-refractivity contribution in [3.8, 4) is 11.5 Å². The summed E-state index contributed by atoms with van der Waals surface area (Å²) < 4.78 is 51.1. The number of aldehydes is 1. The summed E-state index contributed by atoms with van der Waals surface area (Å²) in [6, 6.07) is 9.58. The molecular weight excluding hydrogens is 391 g/mol. The Hall–Kier alpha value is -3.10. The van der Waals surface area contributed by atoms with Gasteiger partial charge >= 0.3 is 6.18 Å². The zero-order valence-electron chi connectivity index (χ0n) is 15.4. The Morgan fingerprint density at radius 1 is 1.17 bits per heavy atom. The van der Waals surface area contributed by atoms with Gasteiger partial charge in [-0.1, -0.05) is 31.2 Å². The Balaban J connectivity index is 2.04. The Bertz CT molecular complexity index is 931. The lowest BCUT2D eigenvalue weighted by Gasteiger charge is -2.32. The first-order valence-electron chi connectivity index (χ1n) is 8.77. The molecule has 1 heterocycles. The Morgan fingerprint density at radius 2 is 1.86 bits per heavy atom. The monoisotopic (exact) mass is 409 g/mol. The third kappa shape index (κ3) is 4.33. The standard InChI is InChI=1S/C20H18F3NO5/c1-19(11-25,9-13-6-7-17-18(8-13)29-12-28-17)16(10-24(26)27)14-4-2-3-5-15(14)20(21,22)23/h2-8,11,16H,9-10,12H2,1H3/t16-,19+/m1/s1. The highest BCUT2D eigenvalue weighted by Gasteiger charge is 2.44. The number of benzene rings is 2. The summed E-state index contributed by atoms with van der Waals surface area (Å²) in [4.78, 5) is 22.7. The minimum Gasteiger partial charge on any atom is -0.454 e. The van der Waals surface area contributed by atoms with Crippen molar-refractivity contribution >= 4 is 6.29 Å². The maximum atomic E-state index is 13.5. The molecule has 0 saturated carbocycles. The van der Waals surface area contributed by atoms with E-state index in [9.17, 15) is 28.1 Å². The highest BCUT2D eigenvalue weighted by molar-refractivity contribution is 5.63. The van der Waals surface area contributed by atoms with E-state index in [1.165, 1.54) is 25.1 Å². The van der Waals surface area contributed by atoms with Crippen LogP contribution in [0.4, 0.5) is 13.2 Å². The van der Waals surface area contributed by atoms with Crippen LogP contribution in [0.25, 0.3) is 0 Å². The molecule has 2 atom stereocenters. The van der Waals surface area contributed by atoms with Crippen molar-refractivity contribution in [3.63, 3.8) is 0 Å². The number of hydrogen-bond donors (Lipinski definition) is 0. The van der Waals surface area contributed by atoms with Crippen molar-refractivity contribution in [1.29, 1.82) is 0 Å². The average molecular weight is 409 g/mol. The molecule has 0 aromatic heterocycles. The molecule has 0 saturated heterocycles. The smallest absolute Gasteiger partial charge is 0.416 e. The van der Waals surface area contributed by atoms with Gasteiger partial charge < -0.3 is 14.3 Å². The van der Waals surface area contributed by atoms with Crippen LogP contribution in [0.15, 0.2) is 42.5 Å². The van der Waals surface area contributed by atoms with E-state index in [1.54, 1.807) is 18.2 Å². The maximum Gasteiger partial charge on any atom is 0.416 e. The molecule has 154 valence electrons. The average Bonchev–Trinajstić information content (AvgIpc) is 3.13. The molecule has 0 radical (unpaired) electrons. The quantitative estimate of drug-likeness (QED) is 0.388. The van der Waals surface area contributed by atoms with Gasteiger partial charge in [-0.3, -0.25) is 10.1 Å². The number of halogens is 3. The van der Waals surface area contributed by atoms with Gasteiger partial charge in [0.2, 0.25) is 13.3 Å². The SMILES string of the molecule is C[C@@](C=O)(Cc1ccc2c(c1)OCO2)[C@H](C[N+](=O)[O-])c1ccccc1C(F)(F)F. The van der Waals surface area contributed by atoms with Crippen molar-refractivity contribution in [3.05, 3.63) is 69.3 Å². The first kappa shape index (κ1) is 20.6. The number of ether oxygens (including phenoxy) is 2. The minimum absolute atomic E-state index is 0.00214. The molecule has 29 heavy (non-hydrogen) atoms. The summed E-state index contributed by atoms with van der Waals surface area (Å²) in [6.07, 6.45) is -4.20. The molecule has 9 heteroatoms. The van der Waals surface area contributed by atoms with Gasteiger partial charge in [0.15, 0.2) is 11.5 Å². The summed E-state index contributed by atoms with van der Waals surface area (Å²) in [6.45, 7) is 0.672. The van der Waals surface area contributed by atoms with Gasteiger partial charge in [0, 0.05) is 10.3 Å². The molecule has 1 aliphatic heterocycles. The first-order valence-corrected chi connectivity index (χ1v) is 8.77. The lowest BCUT2D eigenvalue weighted by molar-refractivity contribution is -0.485. The van der Waals surface area contributed by atoms with Crippen molar-refractivity contribution < 1.29 is 32.4 Å². The second-order valence-corrected chi connectivity index (χ2v) is 7.14. The van der Waals surface area contributed by atoms with Crippen LogP contribution in [0, 0.1) is 15.5 Å². The van der Waals surface area contributed by atoms with E-state index in [-0.39, 0.29) is 18.8 Å². The number of alkyl halides is 3. The largest absolute Gasteiger partial charge is 0.454 e. The van der Waals surface area contributed by atoms with Crippen LogP contribution in [0.5, 0.6) is 11.5 Å². The van der Waals surface area contributed by atoms with E-state index in [1.807, 2.05) is 0 Å². The van der Waals surface area contributed by atoms with Crippen LogP contribution in [-0.4, -0.2) is 24.5 Å². The number of carbonyl (C=O) groups excluding carboxylic acids is 1. The molecule has 0 bridgehead atoms. The van der Waals surface area contributed by atoms with E-state index in [0.717, 1.165) is 6.07 Å². The van der Waals surface area contributed by atoms with Crippen molar-refractivity contribution in [2.45, 2.75) is 25.4 Å². The fraction of sp³-hybridized carbons (Fsp3) is 0.350. The number of rotatable bonds is 7. The molecule has 1 aliphatic rings. The minimum atomic E-state index is -4.70. The van der Waals surface area contributed by atoms with Crippen LogP contribution in [-0.2, 0) is 17.4 Å². The lowest BCUT2D eigenvalue weighted by atomic mass is 9.69. The van der Waals surface area contributed by atoms with Gasteiger partial charge in [-0.15, -0.1) is 0 Å². The molecule has 0 fully saturated rings. The van der Waals surface area contributed by atoms with Crippen LogP contribution < -0.4 is 9.47 Å². The summed E-state index contributed by atoms with van der Waals surface area (Å²) in [5.74, 6) is -0.304. The lowest BCUT2D eigenvalue weighted by Crippen LogP contribution is -2.35. The number of nitrogens with zero attached hydrogens (tertiary/aromatic N) is 1. The summed E-state index contributed by atoms with van der Waals surface area (Å²) in [7, 11) is 0. The van der Waals surface area contributed by atoms with E-state index in [4.69, 9.17) is 9.47 Å². The third-order valence-corrected chi connectivity index (χ3v) is 5.06. The van der Waals surface area contributed by atoms with Crippen molar-refractivity contribution in [1.82, 2.24) is 0 Å². The Morgan fingerprint density at radius 3 is 2.52 bits per heavy atom. The van der Waals surface area contributed by atoms with E-state index in [0.29, 0.717) is 23.3 Å². The fourth-order valence-corrected chi connectivity index (χ4v) is 3.61. The number of nitro groups is 1. The summed E-state index contributed by atoms with van der Waals surface area (Å²) in [5.41, 5.74) is -2.11. The topological polar surface area (TPSA) is 78.7 Å². The predicted octanol–water partition coefficient (Wildman–Crippen LogP) is 4.24. The molecule has 0 unspecified atom stereocenters. The predicted molar refractivity (Wildman–Crippen MR) is 96.5 cm³/mol. The van der Waals surface area contributed by atoms with Crippen molar-refractivity contribution in [2.75, 3.05) is 13.3 Å². The van der Waals surface area contributed by atoms with Crippen LogP contribution in [0.1, 0.15) is 29.5 Å². The summed E-state index contributed by atoms with van der Waals surface area (Å²) in [5, 5.41) is 11.3. The Kier molecular flexibility index (Phi) is 5.50. The molecule has 3 rings (SSSR count). The molecule has 0 spiro atoms. The fourth-order valence-electron chi connectivity index (χ4n) is 3.61. The van der Waals surface area contributed by atoms with Gasteiger partial charge in [-0.2, -0.15) is 13.2 Å². The molecule has 2 aromatic carbocycles. The molecule has 0 N–H and O–H groups in total. The highest BCUT2D eigenvalue weighted by atomic mass is 19.4. The van der Waals surface area contributed by atoms with Gasteiger partial charge in [0.05, 0.1) is 11.5 Å². The van der Waals surface area contributed by atoms with Crippen LogP contribution in [0.3, 0.4) is 0 Å². The van der Waals surface area contributed by atoms with E-state index in [2.05, 4.69) is 0 Å². The molecule has 6 nitrogen and oxygen atoms in total. The Labute approximate surface area is 164 Å². The van der Waals surface area contributed by atoms with E-state index >= 15 is 0 Å². The van der Waals surface area contributed by atoms with Crippen LogP contribution in [0.2, 0.25) is 0 Å². The number of hydrogen-bond acceptors (Lipinski definition) is 5. The normalized spacial score (nSPS) is 16.1. The van der Waals surface area contributed by atoms with Gasteiger partial charge in [0.1, 0.15) is 6.29 Å². The molecule has 0 aliphatic carbocycles. The summed E-state index contributed by atoms with van der Waals surface area (Å²) >= 11 is 0. The first-order chi connectivity index (χ1) is 13.6. The number of fused-ring (bicyclic) bond motifs is 1. The highest BCUT2D eigenvalue weighted by Crippen LogP contribution is 2.44. The van der Waals surface area contributed by atoms with Crippen LogP contribution >= 0.6 is 0 Å². The van der Waals surface area contributed by atoms with Gasteiger partial charge in [0.25, 0.3) is 0 Å². The molecule has 2 aromatic rings. The number of carbonyl (C=O) groups is 1.